The van der Waals surface area contributed by atoms with E-state index in [4.69, 9.17) is 4.74 Å². The molecule has 2 amide bonds. The maximum atomic E-state index is 12.0. The lowest BCUT2D eigenvalue weighted by molar-refractivity contribution is -0.122. The second-order valence-electron chi connectivity index (χ2n) is 4.29. The van der Waals surface area contributed by atoms with Crippen molar-refractivity contribution < 1.29 is 14.3 Å². The molecule has 1 atom stereocenters. The standard InChI is InChI=1S/C12H20N4O3/c1-7-10(8(2)16-15-7)12(18)14-9(3)11(17)13-5-6-19-4/h9H,5-6H2,1-4H3,(H,13,17)(H,14,18)(H,15,16). The molecule has 7 nitrogen and oxygen atoms in total. The average Bonchev–Trinajstić information content (AvgIpc) is 2.69. The average molecular weight is 268 g/mol. The Morgan fingerprint density at radius 1 is 1.42 bits per heavy atom. The first-order valence-corrected chi connectivity index (χ1v) is 6.06. The SMILES string of the molecule is COCCNC(=O)C(C)NC(=O)c1c(C)n[nH]c1C. The zero-order valence-electron chi connectivity index (χ0n) is 11.7. The van der Waals surface area contributed by atoms with E-state index in [0.717, 1.165) is 0 Å². The van der Waals surface area contributed by atoms with E-state index in [9.17, 15) is 9.59 Å². The van der Waals surface area contributed by atoms with Gasteiger partial charge in [-0.25, -0.2) is 0 Å². The van der Waals surface area contributed by atoms with E-state index in [1.54, 1.807) is 27.9 Å². The molecule has 0 saturated heterocycles. The number of nitrogens with zero attached hydrogens (tertiary/aromatic N) is 1. The van der Waals surface area contributed by atoms with Crippen LogP contribution in [0.3, 0.4) is 0 Å². The molecule has 1 rings (SSSR count). The molecule has 106 valence electrons. The summed E-state index contributed by atoms with van der Waals surface area (Å²) in [7, 11) is 1.56. The third-order valence-corrected chi connectivity index (χ3v) is 2.70. The monoisotopic (exact) mass is 268 g/mol. The molecule has 0 spiro atoms. The highest BCUT2D eigenvalue weighted by atomic mass is 16.5. The molecule has 1 unspecified atom stereocenters. The van der Waals surface area contributed by atoms with E-state index >= 15 is 0 Å². The van der Waals surface area contributed by atoms with Crippen LogP contribution in [-0.4, -0.2) is 48.3 Å². The van der Waals surface area contributed by atoms with Gasteiger partial charge in [0.2, 0.25) is 5.91 Å². The highest BCUT2D eigenvalue weighted by Gasteiger charge is 2.20. The van der Waals surface area contributed by atoms with Crippen LogP contribution in [0.25, 0.3) is 0 Å². The zero-order valence-corrected chi connectivity index (χ0v) is 11.7. The van der Waals surface area contributed by atoms with Gasteiger partial charge in [0.25, 0.3) is 5.91 Å². The smallest absolute Gasteiger partial charge is 0.255 e. The van der Waals surface area contributed by atoms with Crippen molar-refractivity contribution in [2.24, 2.45) is 0 Å². The van der Waals surface area contributed by atoms with Crippen molar-refractivity contribution in [3.63, 3.8) is 0 Å². The Morgan fingerprint density at radius 2 is 2.11 bits per heavy atom. The summed E-state index contributed by atoms with van der Waals surface area (Å²) in [5.74, 6) is -0.553. The first-order valence-electron chi connectivity index (χ1n) is 6.06. The summed E-state index contributed by atoms with van der Waals surface area (Å²) in [5, 5.41) is 12.0. The number of aryl methyl sites for hydroxylation is 2. The first kappa shape index (κ1) is 15.2. The summed E-state index contributed by atoms with van der Waals surface area (Å²) in [5.41, 5.74) is 1.78. The number of methoxy groups -OCH3 is 1. The third-order valence-electron chi connectivity index (χ3n) is 2.70. The predicted molar refractivity (Wildman–Crippen MR) is 69.9 cm³/mol. The van der Waals surface area contributed by atoms with Crippen molar-refractivity contribution >= 4 is 11.8 Å². The number of amides is 2. The number of hydrogen-bond acceptors (Lipinski definition) is 4. The number of nitrogens with one attached hydrogen (secondary N) is 3. The lowest BCUT2D eigenvalue weighted by Gasteiger charge is -2.14. The fraction of sp³-hybridized carbons (Fsp3) is 0.583. The summed E-state index contributed by atoms with van der Waals surface area (Å²) < 4.78 is 4.83. The lowest BCUT2D eigenvalue weighted by atomic mass is 10.1. The number of carbonyl (C=O) groups excluding carboxylic acids is 2. The van der Waals surface area contributed by atoms with Gasteiger partial charge in [0.05, 0.1) is 17.9 Å². The number of carbonyl (C=O) groups is 2. The number of aromatic amines is 1. The van der Waals surface area contributed by atoms with Crippen molar-refractivity contribution in [3.8, 4) is 0 Å². The van der Waals surface area contributed by atoms with Gasteiger partial charge in [0.1, 0.15) is 6.04 Å². The van der Waals surface area contributed by atoms with Gasteiger partial charge in [-0.2, -0.15) is 5.10 Å². The van der Waals surface area contributed by atoms with Crippen LogP contribution in [0.15, 0.2) is 0 Å². The normalized spacial score (nSPS) is 12.0. The Bertz CT molecular complexity index is 436. The van der Waals surface area contributed by atoms with E-state index < -0.39 is 6.04 Å². The Kier molecular flexibility index (Phi) is 5.50. The Labute approximate surface area is 112 Å². The molecular formula is C12H20N4O3. The topological polar surface area (TPSA) is 96.1 Å². The summed E-state index contributed by atoms with van der Waals surface area (Å²) in [6.45, 7) is 5.98. The van der Waals surface area contributed by atoms with E-state index in [1.807, 2.05) is 0 Å². The fourth-order valence-corrected chi connectivity index (χ4v) is 1.65. The number of rotatable bonds is 6. The molecule has 0 aliphatic heterocycles. The molecule has 0 aliphatic rings. The van der Waals surface area contributed by atoms with Crippen LogP contribution in [0.4, 0.5) is 0 Å². The van der Waals surface area contributed by atoms with E-state index in [1.165, 1.54) is 0 Å². The summed E-state index contributed by atoms with van der Waals surface area (Å²) in [4.78, 5) is 23.7. The minimum Gasteiger partial charge on any atom is -0.383 e. The molecule has 1 aromatic rings. The van der Waals surface area contributed by atoms with Gasteiger partial charge in [-0.3, -0.25) is 14.7 Å². The molecule has 0 aliphatic carbocycles. The molecule has 3 N–H and O–H groups in total. The molecule has 0 bridgehead atoms. The maximum absolute atomic E-state index is 12.0. The first-order chi connectivity index (χ1) is 8.97. The largest absolute Gasteiger partial charge is 0.383 e. The maximum Gasteiger partial charge on any atom is 0.255 e. The van der Waals surface area contributed by atoms with E-state index in [0.29, 0.717) is 30.1 Å². The summed E-state index contributed by atoms with van der Waals surface area (Å²) >= 11 is 0. The summed E-state index contributed by atoms with van der Waals surface area (Å²) in [6, 6.07) is -0.613. The molecule has 1 heterocycles. The Morgan fingerprint density at radius 3 is 2.63 bits per heavy atom. The van der Waals surface area contributed by atoms with Crippen LogP contribution in [0.2, 0.25) is 0 Å². The van der Waals surface area contributed by atoms with E-state index in [-0.39, 0.29) is 11.8 Å². The molecule has 1 aromatic heterocycles. The Hall–Kier alpha value is -1.89. The van der Waals surface area contributed by atoms with Crippen LogP contribution < -0.4 is 10.6 Å². The minimum atomic E-state index is -0.613. The predicted octanol–water partition coefficient (Wildman–Crippen LogP) is -0.0926. The second-order valence-corrected chi connectivity index (χ2v) is 4.29. The second kappa shape index (κ2) is 6.89. The molecule has 19 heavy (non-hydrogen) atoms. The third kappa shape index (κ3) is 4.06. The molecule has 0 aromatic carbocycles. The van der Waals surface area contributed by atoms with Crippen LogP contribution in [-0.2, 0) is 9.53 Å². The van der Waals surface area contributed by atoms with Crippen LogP contribution >= 0.6 is 0 Å². The van der Waals surface area contributed by atoms with Crippen molar-refractivity contribution in [3.05, 3.63) is 17.0 Å². The number of H-pyrrole nitrogens is 1. The van der Waals surface area contributed by atoms with Gasteiger partial charge in [0, 0.05) is 19.3 Å². The quantitative estimate of drug-likeness (QED) is 0.628. The lowest BCUT2D eigenvalue weighted by Crippen LogP contribution is -2.45. The van der Waals surface area contributed by atoms with Gasteiger partial charge in [-0.15, -0.1) is 0 Å². The molecule has 0 radical (unpaired) electrons. The molecular weight excluding hydrogens is 248 g/mol. The van der Waals surface area contributed by atoms with Crippen LogP contribution in [0.1, 0.15) is 28.7 Å². The van der Waals surface area contributed by atoms with Gasteiger partial charge in [-0.05, 0) is 20.8 Å². The van der Waals surface area contributed by atoms with Crippen LogP contribution in [0, 0.1) is 13.8 Å². The van der Waals surface area contributed by atoms with Crippen molar-refractivity contribution in [2.75, 3.05) is 20.3 Å². The Balaban J connectivity index is 2.55. The number of hydrogen-bond donors (Lipinski definition) is 3. The summed E-state index contributed by atoms with van der Waals surface area (Å²) in [6.07, 6.45) is 0. The minimum absolute atomic E-state index is 0.246. The molecule has 0 fully saturated rings. The molecule has 7 heteroatoms. The molecule has 0 saturated carbocycles. The van der Waals surface area contributed by atoms with Crippen LogP contribution in [0.5, 0.6) is 0 Å². The number of aromatic nitrogens is 2. The van der Waals surface area contributed by atoms with Gasteiger partial charge < -0.3 is 15.4 Å². The highest BCUT2D eigenvalue weighted by Crippen LogP contribution is 2.08. The van der Waals surface area contributed by atoms with E-state index in [2.05, 4.69) is 20.8 Å². The van der Waals surface area contributed by atoms with Gasteiger partial charge in [-0.1, -0.05) is 0 Å². The van der Waals surface area contributed by atoms with Gasteiger partial charge in [0.15, 0.2) is 0 Å². The van der Waals surface area contributed by atoms with Crippen molar-refractivity contribution in [1.82, 2.24) is 20.8 Å². The van der Waals surface area contributed by atoms with Crippen molar-refractivity contribution in [1.29, 1.82) is 0 Å². The highest BCUT2D eigenvalue weighted by molar-refractivity contribution is 5.99. The number of ether oxygens (including phenoxy) is 1. The fourth-order valence-electron chi connectivity index (χ4n) is 1.65. The zero-order chi connectivity index (χ0) is 14.4. The van der Waals surface area contributed by atoms with Gasteiger partial charge >= 0.3 is 0 Å². The van der Waals surface area contributed by atoms with Crippen molar-refractivity contribution in [2.45, 2.75) is 26.8 Å².